The van der Waals surface area contributed by atoms with Crippen LogP contribution >= 0.6 is 0 Å². The van der Waals surface area contributed by atoms with Gasteiger partial charge in [-0.25, -0.2) is 9.37 Å². The maximum Gasteiger partial charge on any atom is 0.259 e. The van der Waals surface area contributed by atoms with Crippen molar-refractivity contribution in [3.05, 3.63) is 48.4 Å². The standard InChI is InChI=1S/C19H19FN4O/c20-16-8-5-14(6-9-16)18-22-19(25-23-18)15-7-10-17(21-13-15)24-11-3-1-2-4-12-24/h5-10,13H,1-4,11-12H2. The monoisotopic (exact) mass is 338 g/mol. The molecule has 0 radical (unpaired) electrons. The molecule has 3 aromatic rings. The summed E-state index contributed by atoms with van der Waals surface area (Å²) in [6, 6.07) is 9.97. The van der Waals surface area contributed by atoms with Gasteiger partial charge in [-0.3, -0.25) is 0 Å². The van der Waals surface area contributed by atoms with Crippen molar-refractivity contribution >= 4 is 5.82 Å². The molecule has 1 aliphatic heterocycles. The first-order valence-electron chi connectivity index (χ1n) is 8.61. The molecule has 25 heavy (non-hydrogen) atoms. The van der Waals surface area contributed by atoms with Crippen LogP contribution in [0.1, 0.15) is 25.7 Å². The molecule has 0 spiro atoms. The third-order valence-corrected chi connectivity index (χ3v) is 4.45. The predicted molar refractivity (Wildman–Crippen MR) is 93.6 cm³/mol. The molecular weight excluding hydrogens is 319 g/mol. The summed E-state index contributed by atoms with van der Waals surface area (Å²) >= 11 is 0. The van der Waals surface area contributed by atoms with Crippen LogP contribution in [0, 0.1) is 5.82 Å². The van der Waals surface area contributed by atoms with Gasteiger partial charge in [-0.05, 0) is 49.2 Å². The van der Waals surface area contributed by atoms with E-state index in [0.717, 1.165) is 24.5 Å². The lowest BCUT2D eigenvalue weighted by atomic mass is 10.2. The average Bonchev–Trinajstić information content (AvgIpc) is 2.98. The Labute approximate surface area is 145 Å². The Morgan fingerprint density at radius 3 is 2.28 bits per heavy atom. The first-order valence-corrected chi connectivity index (χ1v) is 8.61. The minimum absolute atomic E-state index is 0.291. The minimum atomic E-state index is -0.291. The molecule has 2 aromatic heterocycles. The molecule has 0 bridgehead atoms. The molecule has 0 amide bonds. The number of halogens is 1. The van der Waals surface area contributed by atoms with Gasteiger partial charge >= 0.3 is 0 Å². The molecule has 0 saturated carbocycles. The molecule has 1 fully saturated rings. The molecule has 6 heteroatoms. The fraction of sp³-hybridized carbons (Fsp3) is 0.316. The minimum Gasteiger partial charge on any atom is -0.357 e. The number of anilines is 1. The predicted octanol–water partition coefficient (Wildman–Crippen LogP) is 4.32. The molecule has 4 rings (SSSR count). The zero-order valence-electron chi connectivity index (χ0n) is 13.9. The number of rotatable bonds is 3. The Balaban J connectivity index is 1.53. The number of hydrogen-bond donors (Lipinski definition) is 0. The van der Waals surface area contributed by atoms with E-state index >= 15 is 0 Å². The summed E-state index contributed by atoms with van der Waals surface area (Å²) in [6.45, 7) is 2.11. The highest BCUT2D eigenvalue weighted by molar-refractivity contribution is 5.60. The highest BCUT2D eigenvalue weighted by Crippen LogP contribution is 2.24. The molecule has 0 unspecified atom stereocenters. The summed E-state index contributed by atoms with van der Waals surface area (Å²) in [4.78, 5) is 11.3. The molecule has 5 nitrogen and oxygen atoms in total. The fourth-order valence-corrected chi connectivity index (χ4v) is 3.06. The molecule has 1 aromatic carbocycles. The molecule has 1 saturated heterocycles. The van der Waals surface area contributed by atoms with Gasteiger partial charge in [0.25, 0.3) is 5.89 Å². The van der Waals surface area contributed by atoms with Crippen molar-refractivity contribution in [2.45, 2.75) is 25.7 Å². The van der Waals surface area contributed by atoms with Crippen molar-refractivity contribution in [2.75, 3.05) is 18.0 Å². The van der Waals surface area contributed by atoms with Crippen LogP contribution in [0.4, 0.5) is 10.2 Å². The van der Waals surface area contributed by atoms with E-state index in [1.165, 1.54) is 37.8 Å². The molecule has 0 atom stereocenters. The number of aromatic nitrogens is 3. The third-order valence-electron chi connectivity index (χ3n) is 4.45. The van der Waals surface area contributed by atoms with Crippen LogP contribution < -0.4 is 4.90 Å². The quantitative estimate of drug-likeness (QED) is 0.712. The summed E-state index contributed by atoms with van der Waals surface area (Å²) in [5.41, 5.74) is 1.49. The van der Waals surface area contributed by atoms with Crippen LogP contribution in [-0.4, -0.2) is 28.2 Å². The van der Waals surface area contributed by atoms with Crippen molar-refractivity contribution in [1.82, 2.24) is 15.1 Å². The van der Waals surface area contributed by atoms with E-state index in [-0.39, 0.29) is 5.82 Å². The van der Waals surface area contributed by atoms with Gasteiger partial charge in [-0.1, -0.05) is 18.0 Å². The van der Waals surface area contributed by atoms with Crippen molar-refractivity contribution in [2.24, 2.45) is 0 Å². The number of benzene rings is 1. The number of nitrogens with zero attached hydrogens (tertiary/aromatic N) is 4. The first kappa shape index (κ1) is 15.7. The lowest BCUT2D eigenvalue weighted by molar-refractivity contribution is 0.432. The summed E-state index contributed by atoms with van der Waals surface area (Å²) in [5.74, 6) is 1.55. The van der Waals surface area contributed by atoms with Gasteiger partial charge in [0, 0.05) is 24.8 Å². The smallest absolute Gasteiger partial charge is 0.259 e. The SMILES string of the molecule is Fc1ccc(-c2noc(-c3ccc(N4CCCCCC4)nc3)n2)cc1. The zero-order chi connectivity index (χ0) is 17.1. The summed E-state index contributed by atoms with van der Waals surface area (Å²) in [7, 11) is 0. The Bertz CT molecular complexity index is 821. The van der Waals surface area contributed by atoms with E-state index in [9.17, 15) is 4.39 Å². The lowest BCUT2D eigenvalue weighted by Gasteiger charge is -2.21. The van der Waals surface area contributed by atoms with Crippen LogP contribution in [-0.2, 0) is 0 Å². The molecule has 0 N–H and O–H groups in total. The maximum atomic E-state index is 13.0. The number of pyridine rings is 1. The van der Waals surface area contributed by atoms with E-state index in [1.807, 2.05) is 12.1 Å². The summed E-state index contributed by atoms with van der Waals surface area (Å²) in [5, 5.41) is 3.97. The highest BCUT2D eigenvalue weighted by atomic mass is 19.1. The second-order valence-electron chi connectivity index (χ2n) is 6.24. The van der Waals surface area contributed by atoms with E-state index in [4.69, 9.17) is 4.52 Å². The third kappa shape index (κ3) is 3.52. The molecule has 128 valence electrons. The van der Waals surface area contributed by atoms with E-state index in [1.54, 1.807) is 18.3 Å². The van der Waals surface area contributed by atoms with Crippen LogP contribution in [0.15, 0.2) is 47.1 Å². The Kier molecular flexibility index (Phi) is 4.41. The van der Waals surface area contributed by atoms with Gasteiger partial charge < -0.3 is 9.42 Å². The van der Waals surface area contributed by atoms with Gasteiger partial charge in [-0.15, -0.1) is 0 Å². The second kappa shape index (κ2) is 7.01. The molecular formula is C19H19FN4O. The van der Waals surface area contributed by atoms with Gasteiger partial charge in [0.15, 0.2) is 0 Å². The lowest BCUT2D eigenvalue weighted by Crippen LogP contribution is -2.24. The van der Waals surface area contributed by atoms with E-state index in [2.05, 4.69) is 20.0 Å². The number of hydrogen-bond acceptors (Lipinski definition) is 5. The van der Waals surface area contributed by atoms with Crippen molar-refractivity contribution in [3.63, 3.8) is 0 Å². The first-order chi connectivity index (χ1) is 12.3. The van der Waals surface area contributed by atoms with Crippen LogP contribution in [0.2, 0.25) is 0 Å². The fourth-order valence-electron chi connectivity index (χ4n) is 3.06. The molecule has 1 aliphatic rings. The van der Waals surface area contributed by atoms with Gasteiger partial charge in [0.2, 0.25) is 5.82 Å². The topological polar surface area (TPSA) is 55.1 Å². The molecule has 3 heterocycles. The summed E-state index contributed by atoms with van der Waals surface area (Å²) in [6.07, 6.45) is 6.79. The van der Waals surface area contributed by atoms with E-state index < -0.39 is 0 Å². The Morgan fingerprint density at radius 2 is 1.60 bits per heavy atom. The maximum absolute atomic E-state index is 13.0. The highest BCUT2D eigenvalue weighted by Gasteiger charge is 2.14. The molecule has 0 aliphatic carbocycles. The van der Waals surface area contributed by atoms with Crippen LogP contribution in [0.25, 0.3) is 22.8 Å². The zero-order valence-corrected chi connectivity index (χ0v) is 13.9. The second-order valence-corrected chi connectivity index (χ2v) is 6.24. The van der Waals surface area contributed by atoms with Crippen molar-refractivity contribution in [3.8, 4) is 22.8 Å². The normalized spacial score (nSPS) is 15.2. The summed E-state index contributed by atoms with van der Waals surface area (Å²) < 4.78 is 18.3. The van der Waals surface area contributed by atoms with Crippen LogP contribution in [0.5, 0.6) is 0 Å². The van der Waals surface area contributed by atoms with Gasteiger partial charge in [0.05, 0.1) is 5.56 Å². The average molecular weight is 338 g/mol. The van der Waals surface area contributed by atoms with Crippen LogP contribution in [0.3, 0.4) is 0 Å². The van der Waals surface area contributed by atoms with Crippen molar-refractivity contribution < 1.29 is 8.91 Å². The Morgan fingerprint density at radius 1 is 0.880 bits per heavy atom. The van der Waals surface area contributed by atoms with Crippen molar-refractivity contribution in [1.29, 1.82) is 0 Å². The van der Waals surface area contributed by atoms with Gasteiger partial charge in [0.1, 0.15) is 11.6 Å². The van der Waals surface area contributed by atoms with Gasteiger partial charge in [-0.2, -0.15) is 4.98 Å². The Hall–Kier alpha value is -2.76. The van der Waals surface area contributed by atoms with E-state index in [0.29, 0.717) is 17.3 Å². The largest absolute Gasteiger partial charge is 0.357 e.